The van der Waals surface area contributed by atoms with Gasteiger partial charge in [-0.05, 0) is 48.2 Å². The van der Waals surface area contributed by atoms with Crippen LogP contribution < -0.4 is 10.2 Å². The Morgan fingerprint density at radius 1 is 1.21 bits per heavy atom. The quantitative estimate of drug-likeness (QED) is 0.685. The normalized spacial score (nSPS) is 17.1. The van der Waals surface area contributed by atoms with Crippen LogP contribution in [-0.2, 0) is 15.8 Å². The lowest BCUT2D eigenvalue weighted by Gasteiger charge is -2.14. The van der Waals surface area contributed by atoms with Gasteiger partial charge in [0.15, 0.2) is 0 Å². The smallest absolute Gasteiger partial charge is 0.341 e. The number of hydrogen-bond donors (Lipinski definition) is 2. The lowest BCUT2D eigenvalue weighted by molar-refractivity contribution is 0.0695. The number of hydrogen-bond acceptors (Lipinski definition) is 4. The average molecular weight is 414 g/mol. The number of carbonyl (C=O) groups is 1. The van der Waals surface area contributed by atoms with E-state index in [1.54, 1.807) is 22.8 Å². The fraction of sp³-hybridized carbons (Fsp3) is 0.200. The molecule has 29 heavy (non-hydrogen) atoms. The van der Waals surface area contributed by atoms with Gasteiger partial charge in [0.05, 0.1) is 17.0 Å². The van der Waals surface area contributed by atoms with Gasteiger partial charge in [-0.3, -0.25) is 9.52 Å². The zero-order valence-corrected chi connectivity index (χ0v) is 15.8. The monoisotopic (exact) mass is 414 g/mol. The summed E-state index contributed by atoms with van der Waals surface area (Å²) in [4.78, 5) is 24.0. The number of anilines is 1. The lowest BCUT2D eigenvalue weighted by Crippen LogP contribution is -2.19. The molecule has 0 radical (unpaired) electrons. The number of fused-ring (bicyclic) bond motifs is 2. The van der Waals surface area contributed by atoms with Crippen molar-refractivity contribution in [2.45, 2.75) is 24.6 Å². The Bertz CT molecular complexity index is 1390. The summed E-state index contributed by atoms with van der Waals surface area (Å²) in [5.41, 5.74) is 1.08. The van der Waals surface area contributed by atoms with Crippen LogP contribution in [0.15, 0.2) is 41.3 Å². The third kappa shape index (κ3) is 2.89. The van der Waals surface area contributed by atoms with Crippen molar-refractivity contribution < 1.29 is 22.7 Å². The Labute approximate surface area is 164 Å². The molecule has 2 heterocycles. The van der Waals surface area contributed by atoms with Gasteiger partial charge in [0, 0.05) is 23.2 Å². The van der Waals surface area contributed by atoms with E-state index in [2.05, 4.69) is 4.72 Å². The third-order valence-corrected chi connectivity index (χ3v) is 6.54. The second-order valence-corrected chi connectivity index (χ2v) is 9.12. The molecule has 1 aliphatic heterocycles. The average Bonchev–Trinajstić information content (AvgIpc) is 3.43. The Balaban J connectivity index is 1.74. The van der Waals surface area contributed by atoms with Crippen LogP contribution in [0.25, 0.3) is 22.0 Å². The summed E-state index contributed by atoms with van der Waals surface area (Å²) in [6, 6.07) is 7.49. The van der Waals surface area contributed by atoms with Crippen LogP contribution in [-0.4, -0.2) is 24.1 Å². The van der Waals surface area contributed by atoms with Gasteiger partial charge >= 0.3 is 5.97 Å². The van der Waals surface area contributed by atoms with Crippen LogP contribution in [0.3, 0.4) is 0 Å². The summed E-state index contributed by atoms with van der Waals surface area (Å²) in [7, 11) is -3.42. The summed E-state index contributed by atoms with van der Waals surface area (Å²) < 4.78 is 42.6. The zero-order chi connectivity index (χ0) is 20.5. The van der Waals surface area contributed by atoms with Crippen LogP contribution >= 0.6 is 0 Å². The first-order valence-electron chi connectivity index (χ1n) is 8.99. The predicted octanol–water partition coefficient (Wildman–Crippen LogP) is 3.10. The van der Waals surface area contributed by atoms with E-state index in [0.29, 0.717) is 22.3 Å². The molecule has 0 bridgehead atoms. The van der Waals surface area contributed by atoms with Gasteiger partial charge in [-0.2, -0.15) is 0 Å². The molecule has 2 N–H and O–H groups in total. The molecular formula is C20H15FN2O5S. The van der Waals surface area contributed by atoms with Crippen molar-refractivity contribution in [2.75, 3.05) is 4.72 Å². The van der Waals surface area contributed by atoms with Crippen LogP contribution in [0.5, 0.6) is 0 Å². The molecule has 1 fully saturated rings. The Hall–Kier alpha value is -3.20. The molecule has 2 aliphatic rings. The number of nitrogens with one attached hydrogen (secondary N) is 1. The first-order chi connectivity index (χ1) is 13.7. The number of benzene rings is 2. The third-order valence-electron chi connectivity index (χ3n) is 5.32. The minimum atomic E-state index is -3.42. The first-order valence-corrected chi connectivity index (χ1v) is 10.6. The summed E-state index contributed by atoms with van der Waals surface area (Å²) in [6.45, 7) is 0. The van der Waals surface area contributed by atoms with E-state index in [1.807, 2.05) is 0 Å². The van der Waals surface area contributed by atoms with E-state index < -0.39 is 27.2 Å². The molecular weight excluding hydrogens is 399 g/mol. The summed E-state index contributed by atoms with van der Waals surface area (Å²) >= 11 is 0. The SMILES string of the molecule is O=C(O)c1cn(C2CC2)c2cc(-c3ccc4c(c3)CS(=O)(=O)N4)c(F)cc2c1=O. The van der Waals surface area contributed by atoms with E-state index in [1.165, 1.54) is 12.3 Å². The van der Waals surface area contributed by atoms with E-state index >= 15 is 0 Å². The highest BCUT2D eigenvalue weighted by atomic mass is 32.2. The molecule has 1 aliphatic carbocycles. The molecule has 0 amide bonds. The van der Waals surface area contributed by atoms with Crippen LogP contribution in [0, 0.1) is 5.82 Å². The predicted molar refractivity (Wildman–Crippen MR) is 105 cm³/mol. The van der Waals surface area contributed by atoms with Gasteiger partial charge in [0.2, 0.25) is 15.5 Å². The number of aromatic nitrogens is 1. The maximum atomic E-state index is 14.9. The van der Waals surface area contributed by atoms with Gasteiger partial charge < -0.3 is 9.67 Å². The van der Waals surface area contributed by atoms with Gasteiger partial charge in [-0.1, -0.05) is 6.07 Å². The molecule has 9 heteroatoms. The van der Waals surface area contributed by atoms with Crippen molar-refractivity contribution in [3.05, 3.63) is 63.7 Å². The Morgan fingerprint density at radius 3 is 2.66 bits per heavy atom. The Kier molecular flexibility index (Phi) is 3.63. The molecule has 0 spiro atoms. The van der Waals surface area contributed by atoms with Gasteiger partial charge in [-0.25, -0.2) is 17.6 Å². The van der Waals surface area contributed by atoms with E-state index in [4.69, 9.17) is 0 Å². The molecule has 1 saturated carbocycles. The van der Waals surface area contributed by atoms with Crippen molar-refractivity contribution in [3.63, 3.8) is 0 Å². The number of halogens is 1. The highest BCUT2D eigenvalue weighted by molar-refractivity contribution is 7.92. The van der Waals surface area contributed by atoms with E-state index in [9.17, 15) is 27.5 Å². The number of carboxylic acids is 1. The number of aromatic carboxylic acids is 1. The maximum absolute atomic E-state index is 14.9. The standard InChI is InChI=1S/C20H15FN2O5S/c21-16-6-14-18(23(12-2-3-12)8-15(19(14)24)20(25)26)7-13(16)10-1-4-17-11(5-10)9-29(27,28)22-17/h1,4-8,12,22H,2-3,9H2,(H,25,26). The van der Waals surface area contributed by atoms with E-state index in [0.717, 1.165) is 18.9 Å². The highest BCUT2D eigenvalue weighted by Gasteiger charge is 2.28. The molecule has 0 unspecified atom stereocenters. The minimum Gasteiger partial charge on any atom is -0.477 e. The number of pyridine rings is 1. The van der Waals surface area contributed by atoms with Gasteiger partial charge in [0.25, 0.3) is 0 Å². The molecule has 7 nitrogen and oxygen atoms in total. The fourth-order valence-electron chi connectivity index (χ4n) is 3.79. The maximum Gasteiger partial charge on any atom is 0.341 e. The number of sulfonamides is 1. The molecule has 148 valence electrons. The van der Waals surface area contributed by atoms with Crippen molar-refractivity contribution in [2.24, 2.45) is 0 Å². The zero-order valence-electron chi connectivity index (χ0n) is 15.0. The van der Waals surface area contributed by atoms with Crippen molar-refractivity contribution in [3.8, 4) is 11.1 Å². The molecule has 1 aromatic heterocycles. The van der Waals surface area contributed by atoms with Crippen LogP contribution in [0.1, 0.15) is 34.8 Å². The lowest BCUT2D eigenvalue weighted by atomic mass is 9.99. The van der Waals surface area contributed by atoms with Crippen LogP contribution in [0.4, 0.5) is 10.1 Å². The minimum absolute atomic E-state index is 0.0171. The Morgan fingerprint density at radius 2 is 1.97 bits per heavy atom. The van der Waals surface area contributed by atoms with Gasteiger partial charge in [0.1, 0.15) is 11.4 Å². The largest absolute Gasteiger partial charge is 0.477 e. The molecule has 3 aromatic rings. The first kappa shape index (κ1) is 17.9. The molecule has 0 atom stereocenters. The fourth-order valence-corrected chi connectivity index (χ4v) is 5.04. The summed E-state index contributed by atoms with van der Waals surface area (Å²) in [6.07, 6.45) is 3.03. The molecule has 2 aromatic carbocycles. The second kappa shape index (κ2) is 5.90. The highest BCUT2D eigenvalue weighted by Crippen LogP contribution is 2.39. The molecule has 0 saturated heterocycles. The van der Waals surface area contributed by atoms with Crippen molar-refractivity contribution in [1.29, 1.82) is 0 Å². The van der Waals surface area contributed by atoms with Crippen molar-refractivity contribution in [1.82, 2.24) is 4.57 Å². The summed E-state index contributed by atoms with van der Waals surface area (Å²) in [5.74, 6) is -2.20. The number of rotatable bonds is 3. The van der Waals surface area contributed by atoms with Crippen LogP contribution in [0.2, 0.25) is 0 Å². The second-order valence-electron chi connectivity index (χ2n) is 7.40. The number of carboxylic acid groups (broad SMARTS) is 1. The topological polar surface area (TPSA) is 105 Å². The molecule has 5 rings (SSSR count). The summed E-state index contributed by atoms with van der Waals surface area (Å²) in [5, 5.41) is 9.34. The van der Waals surface area contributed by atoms with Gasteiger partial charge in [-0.15, -0.1) is 0 Å². The van der Waals surface area contributed by atoms with Crippen molar-refractivity contribution >= 4 is 32.6 Å². The van der Waals surface area contributed by atoms with E-state index in [-0.39, 0.29) is 28.3 Å². The number of nitrogens with zero attached hydrogens (tertiary/aromatic N) is 1.